The molecule has 1 aliphatic heterocycles. The van der Waals surface area contributed by atoms with Gasteiger partial charge in [0.2, 0.25) is 5.95 Å². The van der Waals surface area contributed by atoms with Crippen LogP contribution in [0.5, 0.6) is 0 Å². The van der Waals surface area contributed by atoms with Crippen LogP contribution in [0.25, 0.3) is 0 Å². The van der Waals surface area contributed by atoms with E-state index < -0.39 is 17.5 Å². The number of halogens is 4. The van der Waals surface area contributed by atoms with Gasteiger partial charge >= 0.3 is 6.09 Å². The molecule has 1 aliphatic rings. The Hall–Kier alpha value is -2.03. The highest BCUT2D eigenvalue weighted by atomic mass is 35.5. The van der Waals surface area contributed by atoms with Crippen molar-refractivity contribution >= 4 is 52.7 Å². The quantitative estimate of drug-likeness (QED) is 0.530. The van der Waals surface area contributed by atoms with Crippen LogP contribution in [0.15, 0.2) is 18.3 Å². The van der Waals surface area contributed by atoms with Crippen molar-refractivity contribution in [2.45, 2.75) is 39.3 Å². The first kappa shape index (κ1) is 24.6. The van der Waals surface area contributed by atoms with E-state index >= 15 is 0 Å². The summed E-state index contributed by atoms with van der Waals surface area (Å²) in [6.07, 6.45) is 1.17. The molecule has 2 heterocycles. The molecular formula is C21H25Cl3FN5O2. The van der Waals surface area contributed by atoms with Gasteiger partial charge in [0, 0.05) is 31.2 Å². The monoisotopic (exact) mass is 503 g/mol. The van der Waals surface area contributed by atoms with Gasteiger partial charge in [-0.15, -0.1) is 0 Å². The van der Waals surface area contributed by atoms with Crippen molar-refractivity contribution in [2.24, 2.45) is 0 Å². The summed E-state index contributed by atoms with van der Waals surface area (Å²) in [7, 11) is 0. The number of nitrogens with one attached hydrogen (secondary N) is 1. The fourth-order valence-electron chi connectivity index (χ4n) is 3.18. The molecule has 0 aliphatic carbocycles. The van der Waals surface area contributed by atoms with E-state index in [1.807, 2.05) is 32.6 Å². The van der Waals surface area contributed by atoms with E-state index in [2.05, 4.69) is 15.3 Å². The summed E-state index contributed by atoms with van der Waals surface area (Å²) in [6, 6.07) is 2.26. The maximum Gasteiger partial charge on any atom is 0.410 e. The predicted molar refractivity (Wildman–Crippen MR) is 126 cm³/mol. The van der Waals surface area contributed by atoms with Crippen LogP contribution in [0, 0.1) is 5.82 Å². The Morgan fingerprint density at radius 2 is 1.78 bits per heavy atom. The normalized spacial score (nSPS) is 15.5. The number of carbonyl (C=O) groups excluding carboxylic acids is 1. The number of carbonyl (C=O) groups is 1. The third-order valence-electron chi connectivity index (χ3n) is 4.80. The van der Waals surface area contributed by atoms with Crippen molar-refractivity contribution in [3.05, 3.63) is 44.8 Å². The van der Waals surface area contributed by atoms with Crippen LogP contribution in [0.3, 0.4) is 0 Å². The molecule has 32 heavy (non-hydrogen) atoms. The molecule has 0 bridgehead atoms. The molecule has 1 aromatic carbocycles. The maximum atomic E-state index is 13.9. The van der Waals surface area contributed by atoms with E-state index in [-0.39, 0.29) is 11.1 Å². The van der Waals surface area contributed by atoms with Gasteiger partial charge < -0.3 is 19.9 Å². The van der Waals surface area contributed by atoms with Crippen LogP contribution in [0.2, 0.25) is 15.1 Å². The zero-order valence-corrected chi connectivity index (χ0v) is 20.5. The molecule has 1 fully saturated rings. The molecule has 3 rings (SSSR count). The molecule has 1 amide bonds. The molecule has 1 N–H and O–H groups in total. The van der Waals surface area contributed by atoms with Crippen molar-refractivity contribution < 1.29 is 13.9 Å². The summed E-state index contributed by atoms with van der Waals surface area (Å²) in [4.78, 5) is 24.7. The maximum absolute atomic E-state index is 13.9. The standard InChI is InChI=1S/C21H25Cl3FN5O2/c1-12(13-9-17(25)15(23)10-14(13)22)27-18-16(24)11-26-19(28-18)29-5-7-30(8-6-29)20(31)32-21(2,3)4/h9-12H,5-8H2,1-4H3,(H,26,27,28). The molecule has 0 spiro atoms. The largest absolute Gasteiger partial charge is 0.444 e. The van der Waals surface area contributed by atoms with Gasteiger partial charge in [-0.2, -0.15) is 4.98 Å². The number of anilines is 2. The zero-order chi connectivity index (χ0) is 23.6. The van der Waals surface area contributed by atoms with Crippen molar-refractivity contribution in [3.8, 4) is 0 Å². The van der Waals surface area contributed by atoms with E-state index in [0.29, 0.717) is 53.6 Å². The van der Waals surface area contributed by atoms with Crippen LogP contribution < -0.4 is 10.2 Å². The number of hydrogen-bond donors (Lipinski definition) is 1. The lowest BCUT2D eigenvalue weighted by molar-refractivity contribution is 0.0240. The lowest BCUT2D eigenvalue weighted by Gasteiger charge is -2.35. The second-order valence-corrected chi connectivity index (χ2v) is 9.70. The van der Waals surface area contributed by atoms with Gasteiger partial charge in [0.25, 0.3) is 0 Å². The number of nitrogens with zero attached hydrogens (tertiary/aromatic N) is 4. The Kier molecular flexibility index (Phi) is 7.57. The Labute approximate surface area is 201 Å². The number of rotatable bonds is 4. The third-order valence-corrected chi connectivity index (χ3v) is 5.70. The highest BCUT2D eigenvalue weighted by molar-refractivity contribution is 6.35. The van der Waals surface area contributed by atoms with Crippen LogP contribution in [0.1, 0.15) is 39.3 Å². The van der Waals surface area contributed by atoms with E-state index in [1.165, 1.54) is 18.3 Å². The molecule has 1 saturated heterocycles. The molecule has 1 aromatic heterocycles. The minimum absolute atomic E-state index is 0.0428. The first-order chi connectivity index (χ1) is 14.9. The topological polar surface area (TPSA) is 70.6 Å². The lowest BCUT2D eigenvalue weighted by atomic mass is 10.1. The van der Waals surface area contributed by atoms with E-state index in [0.717, 1.165) is 0 Å². The van der Waals surface area contributed by atoms with Crippen molar-refractivity contribution in [1.82, 2.24) is 14.9 Å². The molecule has 1 atom stereocenters. The molecule has 1 unspecified atom stereocenters. The Balaban J connectivity index is 1.69. The molecule has 0 saturated carbocycles. The summed E-state index contributed by atoms with van der Waals surface area (Å²) in [5, 5.41) is 3.77. The highest BCUT2D eigenvalue weighted by Crippen LogP contribution is 2.32. The number of amides is 1. The van der Waals surface area contributed by atoms with Crippen LogP contribution >= 0.6 is 34.8 Å². The van der Waals surface area contributed by atoms with E-state index in [1.54, 1.807) is 4.90 Å². The SMILES string of the molecule is CC(Nc1nc(N2CCN(C(=O)OC(C)(C)C)CC2)ncc1Cl)c1cc(F)c(Cl)cc1Cl. The van der Waals surface area contributed by atoms with Gasteiger partial charge in [0.1, 0.15) is 16.4 Å². The summed E-state index contributed by atoms with van der Waals surface area (Å²) in [5.74, 6) is 0.309. The Bertz CT molecular complexity index is 994. The first-order valence-electron chi connectivity index (χ1n) is 10.1. The zero-order valence-electron chi connectivity index (χ0n) is 18.3. The second kappa shape index (κ2) is 9.85. The average molecular weight is 505 g/mol. The number of hydrogen-bond acceptors (Lipinski definition) is 6. The number of aromatic nitrogens is 2. The molecule has 2 aromatic rings. The number of piperazine rings is 1. The van der Waals surface area contributed by atoms with Gasteiger partial charge in [-0.25, -0.2) is 14.2 Å². The minimum atomic E-state index is -0.558. The Morgan fingerprint density at radius 1 is 1.12 bits per heavy atom. The number of ether oxygens (including phenoxy) is 1. The summed E-state index contributed by atoms with van der Waals surface area (Å²) in [6.45, 7) is 9.39. The van der Waals surface area contributed by atoms with Crippen LogP contribution in [-0.4, -0.2) is 52.7 Å². The fraction of sp³-hybridized carbons (Fsp3) is 0.476. The minimum Gasteiger partial charge on any atom is -0.444 e. The van der Waals surface area contributed by atoms with Crippen molar-refractivity contribution in [3.63, 3.8) is 0 Å². The summed E-state index contributed by atoms with van der Waals surface area (Å²) in [5.41, 5.74) is -0.0171. The number of benzene rings is 1. The predicted octanol–water partition coefficient (Wildman–Crippen LogP) is 5.81. The third kappa shape index (κ3) is 6.05. The van der Waals surface area contributed by atoms with Gasteiger partial charge in [0.15, 0.2) is 5.82 Å². The smallest absolute Gasteiger partial charge is 0.410 e. The van der Waals surface area contributed by atoms with E-state index in [4.69, 9.17) is 39.5 Å². The van der Waals surface area contributed by atoms with Gasteiger partial charge in [0.05, 0.1) is 17.3 Å². The molecular weight excluding hydrogens is 480 g/mol. The van der Waals surface area contributed by atoms with Gasteiger partial charge in [-0.05, 0) is 45.4 Å². The molecule has 0 radical (unpaired) electrons. The van der Waals surface area contributed by atoms with Gasteiger partial charge in [-0.1, -0.05) is 34.8 Å². The van der Waals surface area contributed by atoms with Gasteiger partial charge in [-0.3, -0.25) is 0 Å². The Morgan fingerprint density at radius 3 is 2.41 bits per heavy atom. The van der Waals surface area contributed by atoms with Crippen molar-refractivity contribution in [1.29, 1.82) is 0 Å². The molecule has 11 heteroatoms. The average Bonchev–Trinajstić information content (AvgIpc) is 2.71. The van der Waals surface area contributed by atoms with Crippen LogP contribution in [0.4, 0.5) is 21.0 Å². The second-order valence-electron chi connectivity index (χ2n) is 8.47. The summed E-state index contributed by atoms with van der Waals surface area (Å²) < 4.78 is 19.3. The fourth-order valence-corrected chi connectivity index (χ4v) is 3.87. The van der Waals surface area contributed by atoms with Crippen molar-refractivity contribution in [2.75, 3.05) is 36.4 Å². The highest BCUT2D eigenvalue weighted by Gasteiger charge is 2.27. The molecule has 174 valence electrons. The first-order valence-corrected chi connectivity index (χ1v) is 11.2. The van der Waals surface area contributed by atoms with E-state index in [9.17, 15) is 9.18 Å². The molecule has 7 nitrogen and oxygen atoms in total. The summed E-state index contributed by atoms with van der Waals surface area (Å²) >= 11 is 18.3. The van der Waals surface area contributed by atoms with Crippen LogP contribution in [-0.2, 0) is 4.74 Å². The lowest BCUT2D eigenvalue weighted by Crippen LogP contribution is -2.50.